The van der Waals surface area contributed by atoms with Gasteiger partial charge in [-0.25, -0.2) is 0 Å². The minimum absolute atomic E-state index is 0.00427. The molecule has 3 rings (SSSR count). The van der Waals surface area contributed by atoms with E-state index in [2.05, 4.69) is 45.1 Å². The summed E-state index contributed by atoms with van der Waals surface area (Å²) in [6, 6.07) is 0. The predicted molar refractivity (Wildman–Crippen MR) is 129 cm³/mol. The number of cyclic esters (lactones) is 1. The highest BCUT2D eigenvalue weighted by Crippen LogP contribution is 2.52. The number of aliphatic hydroxyl groups excluding tert-OH is 1. The van der Waals surface area contributed by atoms with Crippen LogP contribution in [-0.4, -0.2) is 35.4 Å². The van der Waals surface area contributed by atoms with Gasteiger partial charge in [-0.2, -0.15) is 0 Å². The topological polar surface area (TPSA) is 72.8 Å². The maximum Gasteiger partial charge on any atom is 0.311 e. The molecule has 1 heterocycles. The van der Waals surface area contributed by atoms with Gasteiger partial charge in [0.15, 0.2) is 0 Å². The van der Waals surface area contributed by atoms with Crippen LogP contribution in [0.1, 0.15) is 86.5 Å². The number of ether oxygens (including phenoxy) is 2. The summed E-state index contributed by atoms with van der Waals surface area (Å²) in [6.07, 6.45) is 13.0. The minimum Gasteiger partial charge on any atom is -0.462 e. The average Bonchev–Trinajstić information content (AvgIpc) is 2.72. The number of carbonyl (C=O) groups is 2. The molecule has 0 amide bonds. The van der Waals surface area contributed by atoms with Crippen molar-refractivity contribution in [2.75, 3.05) is 0 Å². The van der Waals surface area contributed by atoms with E-state index in [0.717, 1.165) is 32.1 Å². The van der Waals surface area contributed by atoms with Crippen LogP contribution in [0.3, 0.4) is 0 Å². The molecule has 0 radical (unpaired) electrons. The maximum atomic E-state index is 13.1. The molecule has 0 spiro atoms. The molecular formula is C28H44O5. The molecule has 2 aliphatic carbocycles. The van der Waals surface area contributed by atoms with Crippen molar-refractivity contribution in [1.29, 1.82) is 0 Å². The van der Waals surface area contributed by atoms with Crippen LogP contribution < -0.4 is 0 Å². The van der Waals surface area contributed by atoms with E-state index in [1.54, 1.807) is 0 Å². The van der Waals surface area contributed by atoms with Gasteiger partial charge in [0.05, 0.1) is 17.9 Å². The number of carbonyl (C=O) groups excluding carboxylic acids is 2. The van der Waals surface area contributed by atoms with E-state index in [-0.39, 0.29) is 41.9 Å². The summed E-state index contributed by atoms with van der Waals surface area (Å²) >= 11 is 0. The van der Waals surface area contributed by atoms with Gasteiger partial charge >= 0.3 is 11.9 Å². The molecule has 2 fully saturated rings. The van der Waals surface area contributed by atoms with Crippen molar-refractivity contribution >= 4 is 11.9 Å². The molecule has 0 aromatic rings. The van der Waals surface area contributed by atoms with E-state index in [1.165, 1.54) is 0 Å². The number of fused-ring (bicyclic) bond motifs is 1. The Bertz CT molecular complexity index is 768. The van der Waals surface area contributed by atoms with Gasteiger partial charge in [0.25, 0.3) is 0 Å². The monoisotopic (exact) mass is 460 g/mol. The Morgan fingerprint density at radius 3 is 2.67 bits per heavy atom. The number of esters is 2. The zero-order valence-corrected chi connectivity index (χ0v) is 21.4. The van der Waals surface area contributed by atoms with Crippen molar-refractivity contribution in [2.24, 2.45) is 34.5 Å². The SMILES string of the molecule is C/C=C/[C@@]1(C)C[C@H](OC(=O)C(C)(C)CC)[C@@H]2[C@@H](CC[C@H]3C[C@H](O)CC(=O)O3)[C@@H](C)C=C[C@H]2C1. The predicted octanol–water partition coefficient (Wildman–Crippen LogP) is 5.61. The van der Waals surface area contributed by atoms with Crippen LogP contribution >= 0.6 is 0 Å². The van der Waals surface area contributed by atoms with Crippen LogP contribution in [0.2, 0.25) is 0 Å². The maximum absolute atomic E-state index is 13.1. The van der Waals surface area contributed by atoms with E-state index >= 15 is 0 Å². The van der Waals surface area contributed by atoms with E-state index < -0.39 is 11.5 Å². The molecule has 3 aliphatic rings. The molecule has 0 aromatic carbocycles. The first-order chi connectivity index (χ1) is 15.5. The Morgan fingerprint density at radius 1 is 1.30 bits per heavy atom. The number of hydrogen-bond donors (Lipinski definition) is 1. The molecule has 1 aliphatic heterocycles. The van der Waals surface area contributed by atoms with Crippen molar-refractivity contribution in [2.45, 2.75) is 105 Å². The van der Waals surface area contributed by atoms with Crippen LogP contribution in [0.5, 0.6) is 0 Å². The van der Waals surface area contributed by atoms with Crippen molar-refractivity contribution in [3.63, 3.8) is 0 Å². The van der Waals surface area contributed by atoms with E-state index in [9.17, 15) is 14.7 Å². The second kappa shape index (κ2) is 10.3. The first kappa shape index (κ1) is 26.0. The zero-order valence-electron chi connectivity index (χ0n) is 21.4. The van der Waals surface area contributed by atoms with Gasteiger partial charge in [-0.05, 0) is 76.0 Å². The molecule has 0 unspecified atom stereocenters. The van der Waals surface area contributed by atoms with Crippen molar-refractivity contribution in [3.8, 4) is 0 Å². The molecule has 1 saturated carbocycles. The summed E-state index contributed by atoms with van der Waals surface area (Å²) < 4.78 is 11.9. The van der Waals surface area contributed by atoms with Crippen molar-refractivity contribution in [1.82, 2.24) is 0 Å². The normalized spacial score (nSPS) is 39.2. The molecular weight excluding hydrogens is 416 g/mol. The van der Waals surface area contributed by atoms with Crippen LogP contribution in [0.25, 0.3) is 0 Å². The third kappa shape index (κ3) is 6.09. The number of aliphatic hydroxyl groups is 1. The fraction of sp³-hybridized carbons (Fsp3) is 0.786. The zero-order chi connectivity index (χ0) is 24.4. The molecule has 8 atom stereocenters. The van der Waals surface area contributed by atoms with Crippen molar-refractivity contribution in [3.05, 3.63) is 24.3 Å². The number of rotatable bonds is 7. The lowest BCUT2D eigenvalue weighted by Gasteiger charge is -2.51. The first-order valence-electron chi connectivity index (χ1n) is 12.9. The van der Waals surface area contributed by atoms with Gasteiger partial charge in [-0.15, -0.1) is 0 Å². The fourth-order valence-electron chi connectivity index (χ4n) is 6.20. The molecule has 5 heteroatoms. The summed E-state index contributed by atoms with van der Waals surface area (Å²) in [5, 5.41) is 10.00. The lowest BCUT2D eigenvalue weighted by molar-refractivity contribution is -0.172. The van der Waals surface area contributed by atoms with Crippen LogP contribution in [0.4, 0.5) is 0 Å². The second-order valence-electron chi connectivity index (χ2n) is 11.7. The Balaban J connectivity index is 1.83. The van der Waals surface area contributed by atoms with Gasteiger partial charge < -0.3 is 14.6 Å². The second-order valence-corrected chi connectivity index (χ2v) is 11.7. The molecule has 186 valence electrons. The molecule has 33 heavy (non-hydrogen) atoms. The first-order valence-corrected chi connectivity index (χ1v) is 12.9. The highest BCUT2D eigenvalue weighted by atomic mass is 16.6. The summed E-state index contributed by atoms with van der Waals surface area (Å²) in [5.74, 6) is 0.898. The van der Waals surface area contributed by atoms with Gasteiger partial charge in [-0.1, -0.05) is 45.1 Å². The van der Waals surface area contributed by atoms with Gasteiger partial charge in [0, 0.05) is 12.3 Å². The molecule has 0 bridgehead atoms. The summed E-state index contributed by atoms with van der Waals surface area (Å²) in [6.45, 7) is 12.5. The van der Waals surface area contributed by atoms with Gasteiger partial charge in [-0.3, -0.25) is 9.59 Å². The Kier molecular flexibility index (Phi) is 8.14. The van der Waals surface area contributed by atoms with Crippen molar-refractivity contribution < 1.29 is 24.2 Å². The summed E-state index contributed by atoms with van der Waals surface area (Å²) in [5.41, 5.74) is -0.502. The fourth-order valence-corrected chi connectivity index (χ4v) is 6.20. The molecule has 5 nitrogen and oxygen atoms in total. The van der Waals surface area contributed by atoms with Crippen LogP contribution in [-0.2, 0) is 19.1 Å². The Labute approximate surface area is 200 Å². The third-order valence-corrected chi connectivity index (χ3v) is 8.45. The van der Waals surface area contributed by atoms with E-state index in [1.807, 2.05) is 20.8 Å². The van der Waals surface area contributed by atoms with Crippen LogP contribution in [0, 0.1) is 34.5 Å². The van der Waals surface area contributed by atoms with Gasteiger partial charge in [0.2, 0.25) is 0 Å². The molecule has 1 N–H and O–H groups in total. The van der Waals surface area contributed by atoms with Gasteiger partial charge in [0.1, 0.15) is 12.2 Å². The minimum atomic E-state index is -0.603. The Morgan fingerprint density at radius 2 is 2.03 bits per heavy atom. The molecule has 0 aromatic heterocycles. The van der Waals surface area contributed by atoms with E-state index in [0.29, 0.717) is 24.2 Å². The number of allylic oxidation sites excluding steroid dienone is 4. The average molecular weight is 461 g/mol. The van der Waals surface area contributed by atoms with E-state index in [4.69, 9.17) is 9.47 Å². The quantitative estimate of drug-likeness (QED) is 0.395. The molecule has 1 saturated heterocycles. The van der Waals surface area contributed by atoms with Crippen LogP contribution in [0.15, 0.2) is 24.3 Å². The summed E-state index contributed by atoms with van der Waals surface area (Å²) in [4.78, 5) is 24.9. The highest BCUT2D eigenvalue weighted by molar-refractivity contribution is 5.76. The lowest BCUT2D eigenvalue weighted by Crippen LogP contribution is -2.49. The number of hydrogen-bond acceptors (Lipinski definition) is 5. The smallest absolute Gasteiger partial charge is 0.311 e. The summed E-state index contributed by atoms with van der Waals surface area (Å²) in [7, 11) is 0. The highest BCUT2D eigenvalue weighted by Gasteiger charge is 2.49. The standard InChI is InChI=1S/C28H44O5/c1-7-13-28(6)16-19-10-9-18(3)22(12-11-21-14-20(29)15-24(30)32-21)25(19)23(17-28)33-26(31)27(4,5)8-2/h7,9-10,13,18-23,25,29H,8,11-12,14-17H2,1-6H3/b13-7+/t18-,19-,20-,21-,22-,23-,25-,28+/m0/s1. The lowest BCUT2D eigenvalue weighted by atomic mass is 9.56. The third-order valence-electron chi connectivity index (χ3n) is 8.45. The largest absolute Gasteiger partial charge is 0.462 e. The Hall–Kier alpha value is -1.62.